The van der Waals surface area contributed by atoms with Crippen LogP contribution in [0.25, 0.3) is 0 Å². The van der Waals surface area contributed by atoms with Gasteiger partial charge in [0.05, 0.1) is 7.11 Å². The molecule has 1 atom stereocenters. The van der Waals surface area contributed by atoms with E-state index in [0.29, 0.717) is 8.58 Å². The van der Waals surface area contributed by atoms with Crippen LogP contribution in [0.4, 0.5) is 0 Å². The van der Waals surface area contributed by atoms with Crippen molar-refractivity contribution in [3.05, 3.63) is 54.6 Å². The highest BCUT2D eigenvalue weighted by Gasteiger charge is 2.01. The number of hydrogen-bond acceptors (Lipinski definition) is 2. The van der Waals surface area contributed by atoms with Crippen molar-refractivity contribution in [1.29, 1.82) is 0 Å². The molecule has 96 valence electrons. The zero-order valence-corrected chi connectivity index (χ0v) is 12.0. The lowest BCUT2D eigenvalue weighted by molar-refractivity contribution is 0.277. The van der Waals surface area contributed by atoms with Crippen LogP contribution in [0.3, 0.4) is 0 Å². The average Bonchev–Trinajstić information content (AvgIpc) is 2.41. The van der Waals surface area contributed by atoms with Gasteiger partial charge in [0.2, 0.25) is 0 Å². The molecule has 0 aliphatic heterocycles. The lowest BCUT2D eigenvalue weighted by Crippen LogP contribution is -2.05. The fourth-order valence-electron chi connectivity index (χ4n) is 1.42. The SMILES string of the molecule is COC.COc1ccccc1Pc1ccccc1. The molecule has 0 heterocycles. The fraction of sp³-hybridized carbons (Fsp3) is 0.200. The van der Waals surface area contributed by atoms with E-state index in [-0.39, 0.29) is 0 Å². The minimum atomic E-state index is 0.657. The Hall–Kier alpha value is -1.37. The summed E-state index contributed by atoms with van der Waals surface area (Å²) in [6, 6.07) is 18.6. The van der Waals surface area contributed by atoms with Gasteiger partial charge in [-0.3, -0.25) is 0 Å². The van der Waals surface area contributed by atoms with E-state index in [1.165, 1.54) is 10.6 Å². The molecule has 0 radical (unpaired) electrons. The van der Waals surface area contributed by atoms with E-state index < -0.39 is 0 Å². The summed E-state index contributed by atoms with van der Waals surface area (Å²) in [5.74, 6) is 0.972. The molecule has 2 nitrogen and oxygen atoms in total. The van der Waals surface area contributed by atoms with Crippen LogP contribution in [0.15, 0.2) is 54.6 Å². The molecule has 1 unspecified atom stereocenters. The molecule has 2 aromatic rings. The molecule has 0 aliphatic carbocycles. The highest BCUT2D eigenvalue weighted by atomic mass is 31.1. The smallest absolute Gasteiger partial charge is 0.126 e. The highest BCUT2D eigenvalue weighted by molar-refractivity contribution is 7.55. The molecule has 0 saturated heterocycles. The molecule has 0 bridgehead atoms. The Labute approximate surface area is 111 Å². The quantitative estimate of drug-likeness (QED) is 0.792. The van der Waals surface area contributed by atoms with Crippen molar-refractivity contribution in [1.82, 2.24) is 0 Å². The topological polar surface area (TPSA) is 18.5 Å². The molecule has 0 spiro atoms. The normalized spacial score (nSPS) is 9.94. The summed E-state index contributed by atoms with van der Waals surface area (Å²) in [5, 5.41) is 2.59. The third-order valence-corrected chi connectivity index (χ3v) is 3.46. The summed E-state index contributed by atoms with van der Waals surface area (Å²) in [6.45, 7) is 0. The monoisotopic (exact) mass is 262 g/mol. The third kappa shape index (κ3) is 4.87. The first-order chi connectivity index (χ1) is 8.81. The Morgan fingerprint density at radius 3 is 1.94 bits per heavy atom. The molecule has 0 amide bonds. The second kappa shape index (κ2) is 8.68. The predicted molar refractivity (Wildman–Crippen MR) is 80.0 cm³/mol. The first kappa shape index (κ1) is 14.7. The summed E-state index contributed by atoms with van der Waals surface area (Å²) in [7, 11) is 5.62. The van der Waals surface area contributed by atoms with Gasteiger partial charge in [0, 0.05) is 19.5 Å². The van der Waals surface area contributed by atoms with Crippen molar-refractivity contribution in [2.24, 2.45) is 0 Å². The Morgan fingerprint density at radius 1 is 0.778 bits per heavy atom. The van der Waals surface area contributed by atoms with Crippen LogP contribution in [0.1, 0.15) is 0 Å². The van der Waals surface area contributed by atoms with Crippen LogP contribution in [0, 0.1) is 0 Å². The summed E-state index contributed by atoms with van der Waals surface area (Å²) >= 11 is 0. The highest BCUT2D eigenvalue weighted by Crippen LogP contribution is 2.18. The third-order valence-electron chi connectivity index (χ3n) is 2.16. The molecule has 3 heteroatoms. The minimum absolute atomic E-state index is 0.657. The minimum Gasteiger partial charge on any atom is -0.496 e. The first-order valence-electron chi connectivity index (χ1n) is 5.67. The maximum absolute atomic E-state index is 5.32. The van der Waals surface area contributed by atoms with Gasteiger partial charge in [0.15, 0.2) is 0 Å². The van der Waals surface area contributed by atoms with Gasteiger partial charge in [-0.05, 0) is 11.4 Å². The average molecular weight is 262 g/mol. The van der Waals surface area contributed by atoms with Gasteiger partial charge in [-0.1, -0.05) is 57.1 Å². The maximum atomic E-state index is 5.32. The van der Waals surface area contributed by atoms with E-state index in [0.717, 1.165) is 5.75 Å². The van der Waals surface area contributed by atoms with Gasteiger partial charge in [0.1, 0.15) is 5.75 Å². The molecular weight excluding hydrogens is 243 g/mol. The molecule has 0 N–H and O–H groups in total. The Morgan fingerprint density at radius 2 is 1.33 bits per heavy atom. The number of methoxy groups -OCH3 is 2. The van der Waals surface area contributed by atoms with Gasteiger partial charge in [-0.15, -0.1) is 0 Å². The largest absolute Gasteiger partial charge is 0.496 e. The molecule has 0 aliphatic rings. The predicted octanol–water partition coefficient (Wildman–Crippen LogP) is 2.59. The van der Waals surface area contributed by atoms with Gasteiger partial charge >= 0.3 is 0 Å². The van der Waals surface area contributed by atoms with Crippen LogP contribution in [0.5, 0.6) is 5.75 Å². The first-order valence-corrected chi connectivity index (χ1v) is 6.67. The van der Waals surface area contributed by atoms with Crippen molar-refractivity contribution in [3.8, 4) is 5.75 Å². The van der Waals surface area contributed by atoms with E-state index in [2.05, 4.69) is 35.1 Å². The van der Waals surface area contributed by atoms with Gasteiger partial charge < -0.3 is 9.47 Å². The molecule has 0 fully saturated rings. The van der Waals surface area contributed by atoms with E-state index in [4.69, 9.17) is 4.74 Å². The molecule has 0 aromatic heterocycles. The van der Waals surface area contributed by atoms with Crippen molar-refractivity contribution in [2.75, 3.05) is 21.3 Å². The maximum Gasteiger partial charge on any atom is 0.126 e. The van der Waals surface area contributed by atoms with E-state index in [1.54, 1.807) is 21.3 Å². The lowest BCUT2D eigenvalue weighted by atomic mass is 10.3. The van der Waals surface area contributed by atoms with E-state index in [9.17, 15) is 0 Å². The standard InChI is InChI=1S/C13H13OP.C2H6O/c1-14-12-9-5-6-10-13(12)15-11-7-3-2-4-8-11;1-3-2/h2-10,15H,1H3;1-2H3. The zero-order valence-electron chi connectivity index (χ0n) is 11.0. The fourth-order valence-corrected chi connectivity index (χ4v) is 2.58. The molecular formula is C15H19O2P. The molecule has 0 saturated carbocycles. The van der Waals surface area contributed by atoms with Gasteiger partial charge in [-0.25, -0.2) is 0 Å². The van der Waals surface area contributed by atoms with Gasteiger partial charge in [0.25, 0.3) is 0 Å². The Balaban J connectivity index is 0.000000492. The van der Waals surface area contributed by atoms with E-state index in [1.807, 2.05) is 24.3 Å². The molecule has 2 aromatic carbocycles. The number of hydrogen-bond donors (Lipinski definition) is 0. The van der Waals surface area contributed by atoms with Crippen molar-refractivity contribution < 1.29 is 9.47 Å². The lowest BCUT2D eigenvalue weighted by Gasteiger charge is -2.07. The van der Waals surface area contributed by atoms with Crippen LogP contribution in [-0.4, -0.2) is 21.3 Å². The van der Waals surface area contributed by atoms with Crippen LogP contribution in [-0.2, 0) is 4.74 Å². The molecule has 18 heavy (non-hydrogen) atoms. The van der Waals surface area contributed by atoms with Crippen LogP contribution in [0.2, 0.25) is 0 Å². The summed E-state index contributed by atoms with van der Waals surface area (Å²) in [5.41, 5.74) is 0. The number of para-hydroxylation sites is 1. The van der Waals surface area contributed by atoms with Crippen molar-refractivity contribution >= 4 is 19.2 Å². The summed E-state index contributed by atoms with van der Waals surface area (Å²) in [4.78, 5) is 0. The number of benzene rings is 2. The van der Waals surface area contributed by atoms with Crippen LogP contribution >= 0.6 is 8.58 Å². The Kier molecular flexibility index (Phi) is 7.09. The van der Waals surface area contributed by atoms with E-state index >= 15 is 0 Å². The van der Waals surface area contributed by atoms with Crippen molar-refractivity contribution in [2.45, 2.75) is 0 Å². The molecule has 2 rings (SSSR count). The summed E-state index contributed by atoms with van der Waals surface area (Å²) < 4.78 is 9.57. The van der Waals surface area contributed by atoms with Crippen molar-refractivity contribution in [3.63, 3.8) is 0 Å². The Bertz CT molecular complexity index is 443. The second-order valence-corrected chi connectivity index (χ2v) is 4.97. The van der Waals surface area contributed by atoms with Crippen LogP contribution < -0.4 is 15.3 Å². The summed E-state index contributed by atoms with van der Waals surface area (Å²) in [6.07, 6.45) is 0. The zero-order chi connectivity index (χ0) is 13.2. The second-order valence-electron chi connectivity index (χ2n) is 3.60. The number of rotatable bonds is 3. The number of ether oxygens (including phenoxy) is 2. The van der Waals surface area contributed by atoms with Gasteiger partial charge in [-0.2, -0.15) is 0 Å².